The number of rotatable bonds is 5. The smallest absolute Gasteiger partial charge is 0.253 e. The van der Waals surface area contributed by atoms with Crippen LogP contribution in [0.3, 0.4) is 0 Å². The van der Waals surface area contributed by atoms with Gasteiger partial charge in [-0.1, -0.05) is 0 Å². The molecular formula is C16H24N2O2. The second-order valence-electron chi connectivity index (χ2n) is 5.26. The zero-order chi connectivity index (χ0) is 14.5. The van der Waals surface area contributed by atoms with E-state index in [0.29, 0.717) is 13.1 Å². The molecule has 4 heteroatoms. The van der Waals surface area contributed by atoms with Crippen molar-refractivity contribution in [3.05, 3.63) is 29.3 Å². The summed E-state index contributed by atoms with van der Waals surface area (Å²) in [4.78, 5) is 14.4. The third-order valence-electron chi connectivity index (χ3n) is 3.86. The number of nitrogens with zero attached hydrogens (tertiary/aromatic N) is 1. The zero-order valence-electron chi connectivity index (χ0n) is 12.6. The fourth-order valence-corrected chi connectivity index (χ4v) is 2.65. The van der Waals surface area contributed by atoms with Crippen LogP contribution < -0.4 is 5.32 Å². The second-order valence-corrected chi connectivity index (χ2v) is 5.26. The van der Waals surface area contributed by atoms with Crippen molar-refractivity contribution < 1.29 is 9.53 Å². The van der Waals surface area contributed by atoms with Gasteiger partial charge in [0.1, 0.15) is 0 Å². The molecule has 2 rings (SSSR count). The van der Waals surface area contributed by atoms with Crippen molar-refractivity contribution in [3.8, 4) is 0 Å². The van der Waals surface area contributed by atoms with Crippen LogP contribution in [0.4, 0.5) is 5.69 Å². The summed E-state index contributed by atoms with van der Waals surface area (Å²) in [5.74, 6) is 0.0914. The van der Waals surface area contributed by atoms with Gasteiger partial charge in [0.15, 0.2) is 0 Å². The third kappa shape index (κ3) is 3.31. The van der Waals surface area contributed by atoms with Crippen LogP contribution in [0.2, 0.25) is 0 Å². The average molecular weight is 276 g/mol. The van der Waals surface area contributed by atoms with Gasteiger partial charge >= 0.3 is 0 Å². The summed E-state index contributed by atoms with van der Waals surface area (Å²) in [6.45, 7) is 6.26. The Bertz CT molecular complexity index is 468. The number of hydrogen-bond donors (Lipinski definition) is 1. The van der Waals surface area contributed by atoms with Gasteiger partial charge in [-0.3, -0.25) is 4.79 Å². The van der Waals surface area contributed by atoms with Crippen LogP contribution in [0, 0.1) is 6.92 Å². The van der Waals surface area contributed by atoms with Crippen molar-refractivity contribution in [1.82, 2.24) is 4.90 Å². The number of benzene rings is 1. The highest BCUT2D eigenvalue weighted by Crippen LogP contribution is 2.19. The van der Waals surface area contributed by atoms with Gasteiger partial charge in [0.05, 0.1) is 6.10 Å². The lowest BCUT2D eigenvalue weighted by molar-refractivity contribution is 0.0539. The molecule has 1 unspecified atom stereocenters. The van der Waals surface area contributed by atoms with E-state index in [9.17, 15) is 4.79 Å². The van der Waals surface area contributed by atoms with E-state index in [1.807, 2.05) is 44.0 Å². The number of ether oxygens (including phenoxy) is 1. The second kappa shape index (κ2) is 6.75. The standard InChI is InChI=1S/C16H24N2O2/c1-4-18(11-14-6-5-9-20-14)16(19)13-7-8-15(17-3)12(2)10-13/h7-8,10,14,17H,4-6,9,11H2,1-3H3. The van der Waals surface area contributed by atoms with E-state index in [4.69, 9.17) is 4.74 Å². The summed E-state index contributed by atoms with van der Waals surface area (Å²) in [6.07, 6.45) is 2.37. The van der Waals surface area contributed by atoms with E-state index < -0.39 is 0 Å². The van der Waals surface area contributed by atoms with Gasteiger partial charge in [-0.05, 0) is 50.5 Å². The Hall–Kier alpha value is -1.55. The summed E-state index contributed by atoms with van der Waals surface area (Å²) >= 11 is 0. The molecule has 0 aliphatic carbocycles. The van der Waals surface area contributed by atoms with E-state index in [1.54, 1.807) is 0 Å². The first-order valence-electron chi connectivity index (χ1n) is 7.35. The number of carbonyl (C=O) groups is 1. The number of likely N-dealkylation sites (N-methyl/N-ethyl adjacent to an activating group) is 1. The number of anilines is 1. The van der Waals surface area contributed by atoms with Crippen LogP contribution >= 0.6 is 0 Å². The van der Waals surface area contributed by atoms with Crippen molar-refractivity contribution in [3.63, 3.8) is 0 Å². The van der Waals surface area contributed by atoms with Crippen molar-refractivity contribution in [2.24, 2.45) is 0 Å². The van der Waals surface area contributed by atoms with E-state index in [1.165, 1.54) is 0 Å². The van der Waals surface area contributed by atoms with Gasteiger partial charge in [-0.15, -0.1) is 0 Å². The Morgan fingerprint density at radius 1 is 1.50 bits per heavy atom. The molecule has 1 fully saturated rings. The molecule has 0 aromatic heterocycles. The highest BCUT2D eigenvalue weighted by Gasteiger charge is 2.22. The van der Waals surface area contributed by atoms with Crippen LogP contribution in [0.1, 0.15) is 35.7 Å². The largest absolute Gasteiger partial charge is 0.388 e. The molecule has 1 aromatic rings. The molecular weight excluding hydrogens is 252 g/mol. The molecule has 1 aliphatic rings. The first-order valence-corrected chi connectivity index (χ1v) is 7.35. The molecule has 0 bridgehead atoms. The van der Waals surface area contributed by atoms with Crippen LogP contribution in [0.5, 0.6) is 0 Å². The van der Waals surface area contributed by atoms with Gasteiger partial charge < -0.3 is 15.0 Å². The van der Waals surface area contributed by atoms with Gasteiger partial charge in [0, 0.05) is 38.0 Å². The number of amides is 1. The molecule has 1 atom stereocenters. The lowest BCUT2D eigenvalue weighted by Gasteiger charge is -2.24. The quantitative estimate of drug-likeness (QED) is 0.899. The van der Waals surface area contributed by atoms with E-state index in [-0.39, 0.29) is 12.0 Å². The number of carbonyl (C=O) groups excluding carboxylic acids is 1. The SMILES string of the molecule is CCN(CC1CCCO1)C(=O)c1ccc(NC)c(C)c1. The zero-order valence-corrected chi connectivity index (χ0v) is 12.6. The van der Waals surface area contributed by atoms with E-state index >= 15 is 0 Å². The van der Waals surface area contributed by atoms with Crippen LogP contribution in [-0.2, 0) is 4.74 Å². The monoisotopic (exact) mass is 276 g/mol. The molecule has 1 aromatic carbocycles. The molecule has 1 aliphatic heterocycles. The normalized spacial score (nSPS) is 18.1. The predicted molar refractivity (Wildman–Crippen MR) is 81.3 cm³/mol. The van der Waals surface area contributed by atoms with Crippen molar-refractivity contribution in [2.75, 3.05) is 32.1 Å². The summed E-state index contributed by atoms with van der Waals surface area (Å²) < 4.78 is 5.63. The number of hydrogen-bond acceptors (Lipinski definition) is 3. The van der Waals surface area contributed by atoms with Crippen molar-refractivity contribution in [2.45, 2.75) is 32.8 Å². The number of nitrogens with one attached hydrogen (secondary N) is 1. The molecule has 0 spiro atoms. The van der Waals surface area contributed by atoms with E-state index in [2.05, 4.69) is 5.32 Å². The maximum atomic E-state index is 12.6. The van der Waals surface area contributed by atoms with Gasteiger partial charge in [-0.25, -0.2) is 0 Å². The Balaban J connectivity index is 2.09. The predicted octanol–water partition coefficient (Wildman–Crippen LogP) is 2.68. The number of aryl methyl sites for hydroxylation is 1. The lowest BCUT2D eigenvalue weighted by atomic mass is 10.1. The molecule has 1 heterocycles. The first kappa shape index (κ1) is 14.9. The maximum Gasteiger partial charge on any atom is 0.253 e. The first-order chi connectivity index (χ1) is 9.65. The Morgan fingerprint density at radius 2 is 2.30 bits per heavy atom. The molecule has 110 valence electrons. The minimum atomic E-state index is 0.0914. The van der Waals surface area contributed by atoms with E-state index in [0.717, 1.165) is 36.3 Å². The third-order valence-corrected chi connectivity index (χ3v) is 3.86. The fourth-order valence-electron chi connectivity index (χ4n) is 2.65. The summed E-state index contributed by atoms with van der Waals surface area (Å²) in [5, 5.41) is 3.12. The average Bonchev–Trinajstić information content (AvgIpc) is 2.97. The van der Waals surface area contributed by atoms with Crippen LogP contribution in [-0.4, -0.2) is 43.7 Å². The minimum absolute atomic E-state index is 0.0914. The molecule has 0 radical (unpaired) electrons. The van der Waals surface area contributed by atoms with Gasteiger partial charge in [-0.2, -0.15) is 0 Å². The summed E-state index contributed by atoms with van der Waals surface area (Å²) in [5.41, 5.74) is 2.90. The minimum Gasteiger partial charge on any atom is -0.388 e. The Labute approximate surface area is 121 Å². The van der Waals surface area contributed by atoms with Crippen LogP contribution in [0.15, 0.2) is 18.2 Å². The highest BCUT2D eigenvalue weighted by atomic mass is 16.5. The molecule has 1 N–H and O–H groups in total. The van der Waals surface area contributed by atoms with Crippen molar-refractivity contribution >= 4 is 11.6 Å². The topological polar surface area (TPSA) is 41.6 Å². The molecule has 0 saturated carbocycles. The molecule has 1 amide bonds. The highest BCUT2D eigenvalue weighted by molar-refractivity contribution is 5.95. The Kier molecular flexibility index (Phi) is 5.01. The molecule has 20 heavy (non-hydrogen) atoms. The fraction of sp³-hybridized carbons (Fsp3) is 0.562. The Morgan fingerprint density at radius 3 is 2.85 bits per heavy atom. The van der Waals surface area contributed by atoms with Crippen molar-refractivity contribution in [1.29, 1.82) is 0 Å². The van der Waals surface area contributed by atoms with Gasteiger partial charge in [0.2, 0.25) is 0 Å². The maximum absolute atomic E-state index is 12.6. The molecule has 1 saturated heterocycles. The molecule has 4 nitrogen and oxygen atoms in total. The summed E-state index contributed by atoms with van der Waals surface area (Å²) in [7, 11) is 1.89. The van der Waals surface area contributed by atoms with Crippen LogP contribution in [0.25, 0.3) is 0 Å². The van der Waals surface area contributed by atoms with Gasteiger partial charge in [0.25, 0.3) is 5.91 Å². The lowest BCUT2D eigenvalue weighted by Crippen LogP contribution is -2.37. The summed E-state index contributed by atoms with van der Waals surface area (Å²) in [6, 6.07) is 5.80.